The second kappa shape index (κ2) is 4.16. The van der Waals surface area contributed by atoms with Gasteiger partial charge >= 0.3 is 5.97 Å². The zero-order chi connectivity index (χ0) is 13.1. The Morgan fingerprint density at radius 3 is 3.06 bits per heavy atom. The van der Waals surface area contributed by atoms with Gasteiger partial charge in [-0.05, 0) is 17.9 Å². The van der Waals surface area contributed by atoms with Crippen LogP contribution in [-0.4, -0.2) is 39.8 Å². The van der Waals surface area contributed by atoms with Crippen molar-refractivity contribution in [3.8, 4) is 0 Å². The molecule has 100 valence electrons. The molecule has 4 aliphatic rings. The van der Waals surface area contributed by atoms with Crippen molar-refractivity contribution in [2.24, 2.45) is 11.8 Å². The minimum Gasteiger partial charge on any atom is -0.459 e. The number of esters is 1. The Morgan fingerprint density at radius 2 is 2.44 bits per heavy atom. The lowest BCUT2D eigenvalue weighted by molar-refractivity contribution is -0.362. The van der Waals surface area contributed by atoms with E-state index in [2.05, 4.69) is 29.2 Å². The second-order valence-corrected chi connectivity index (χ2v) is 5.87. The van der Waals surface area contributed by atoms with Gasteiger partial charge in [0, 0.05) is 11.4 Å². The second-order valence-electron chi connectivity index (χ2n) is 5.11. The van der Waals surface area contributed by atoms with E-state index in [4.69, 9.17) is 14.2 Å². The van der Waals surface area contributed by atoms with Crippen LogP contribution in [0.25, 0.3) is 0 Å². The van der Waals surface area contributed by atoms with Gasteiger partial charge in [-0.1, -0.05) is 29.2 Å². The Hall–Kier alpha value is -0.180. The highest BCUT2D eigenvalue weighted by molar-refractivity contribution is 14.1. The molecule has 5 nitrogen and oxygen atoms in total. The molecule has 0 aromatic carbocycles. The smallest absolute Gasteiger partial charge is 0.303 e. The maximum atomic E-state index is 11.2. The first kappa shape index (κ1) is 12.8. The highest BCUT2D eigenvalue weighted by atomic mass is 127. The molecule has 0 aromatic rings. The third-order valence-corrected chi connectivity index (χ3v) is 5.40. The number of fused-ring (bicyclic) bond motifs is 1. The zero-order valence-corrected chi connectivity index (χ0v) is 12.1. The van der Waals surface area contributed by atoms with Gasteiger partial charge in [0.25, 0.3) is 0 Å². The average Bonchev–Trinajstić information content (AvgIpc) is 2.58. The van der Waals surface area contributed by atoms with Crippen molar-refractivity contribution in [2.45, 2.75) is 37.6 Å². The quantitative estimate of drug-likeness (QED) is 0.342. The molecule has 0 amide bonds. The van der Waals surface area contributed by atoms with Gasteiger partial charge in [-0.25, -0.2) is 0 Å². The molecule has 1 N–H and O–H groups in total. The van der Waals surface area contributed by atoms with Crippen molar-refractivity contribution in [1.82, 2.24) is 0 Å². The van der Waals surface area contributed by atoms with E-state index in [1.165, 1.54) is 6.92 Å². The van der Waals surface area contributed by atoms with Gasteiger partial charge in [0.1, 0.15) is 11.7 Å². The molecule has 18 heavy (non-hydrogen) atoms. The summed E-state index contributed by atoms with van der Waals surface area (Å²) in [6.07, 6.45) is -1.12. The fraction of sp³-hybridized carbons (Fsp3) is 0.750. The highest BCUT2D eigenvalue weighted by Crippen LogP contribution is 2.58. The van der Waals surface area contributed by atoms with Crippen molar-refractivity contribution < 1.29 is 24.1 Å². The summed E-state index contributed by atoms with van der Waals surface area (Å²) in [6.45, 7) is 5.38. The van der Waals surface area contributed by atoms with Crippen LogP contribution >= 0.6 is 22.6 Å². The minimum absolute atomic E-state index is 0.103. The van der Waals surface area contributed by atoms with Crippen molar-refractivity contribution >= 4 is 28.6 Å². The number of hydrogen-bond donors (Lipinski definition) is 1. The third-order valence-electron chi connectivity index (χ3n) is 4.20. The standard InChI is InChI=1S/C12H15IO5/c1-5-7-3-8(16-6(2)14)12(4-13)9(7)10(15)17-11(5)18-12/h7-11,15H,1,3-4H2,2H3. The van der Waals surface area contributed by atoms with E-state index < -0.39 is 18.2 Å². The van der Waals surface area contributed by atoms with Crippen LogP contribution in [0.5, 0.6) is 0 Å². The van der Waals surface area contributed by atoms with Crippen LogP contribution in [0.4, 0.5) is 0 Å². The number of rotatable bonds is 2. The molecule has 4 rings (SSSR count). The topological polar surface area (TPSA) is 65.0 Å². The molecule has 6 atom stereocenters. The van der Waals surface area contributed by atoms with E-state index in [9.17, 15) is 9.90 Å². The van der Waals surface area contributed by atoms with Gasteiger partial charge < -0.3 is 19.3 Å². The number of carbonyl (C=O) groups excluding carboxylic acids is 1. The molecule has 1 aliphatic carbocycles. The first-order chi connectivity index (χ1) is 8.49. The molecule has 6 unspecified atom stereocenters. The summed E-state index contributed by atoms with van der Waals surface area (Å²) in [7, 11) is 0. The van der Waals surface area contributed by atoms with Crippen molar-refractivity contribution in [2.75, 3.05) is 4.43 Å². The molecule has 0 spiro atoms. The maximum Gasteiger partial charge on any atom is 0.303 e. The Kier molecular flexibility index (Phi) is 2.96. The minimum atomic E-state index is -0.866. The van der Waals surface area contributed by atoms with Gasteiger partial charge in [0.2, 0.25) is 0 Å². The largest absolute Gasteiger partial charge is 0.459 e. The Balaban J connectivity index is 1.99. The summed E-state index contributed by atoms with van der Waals surface area (Å²) in [5, 5.41) is 10.1. The molecule has 0 radical (unpaired) electrons. The molecule has 4 fully saturated rings. The van der Waals surface area contributed by atoms with Gasteiger partial charge in [0.05, 0.1) is 5.92 Å². The molecule has 1 saturated carbocycles. The van der Waals surface area contributed by atoms with Crippen LogP contribution in [0.15, 0.2) is 12.2 Å². The molecular formula is C12H15IO5. The lowest BCUT2D eigenvalue weighted by Crippen LogP contribution is -2.63. The number of alkyl halides is 1. The molecule has 3 saturated heterocycles. The van der Waals surface area contributed by atoms with E-state index in [0.717, 1.165) is 5.57 Å². The van der Waals surface area contributed by atoms with Crippen molar-refractivity contribution in [1.29, 1.82) is 0 Å². The van der Waals surface area contributed by atoms with Crippen molar-refractivity contribution in [3.63, 3.8) is 0 Å². The first-order valence-corrected chi connectivity index (χ1v) is 7.45. The fourth-order valence-corrected chi connectivity index (χ4v) is 4.62. The van der Waals surface area contributed by atoms with Crippen LogP contribution in [0, 0.1) is 11.8 Å². The van der Waals surface area contributed by atoms with Crippen LogP contribution in [0.1, 0.15) is 13.3 Å². The molecule has 3 heterocycles. The zero-order valence-electron chi connectivity index (χ0n) is 9.97. The fourth-order valence-electron chi connectivity index (χ4n) is 3.44. The van der Waals surface area contributed by atoms with E-state index in [0.29, 0.717) is 10.8 Å². The first-order valence-electron chi connectivity index (χ1n) is 5.93. The summed E-state index contributed by atoms with van der Waals surface area (Å²) >= 11 is 2.21. The molecule has 6 heteroatoms. The number of hydrogen-bond acceptors (Lipinski definition) is 5. The monoisotopic (exact) mass is 366 g/mol. The van der Waals surface area contributed by atoms with E-state index in [-0.39, 0.29) is 23.9 Å². The number of halogens is 1. The van der Waals surface area contributed by atoms with Crippen LogP contribution in [0.2, 0.25) is 0 Å². The summed E-state index contributed by atoms with van der Waals surface area (Å²) in [5.41, 5.74) is 0.209. The Morgan fingerprint density at radius 1 is 1.72 bits per heavy atom. The van der Waals surface area contributed by atoms with E-state index in [1.54, 1.807) is 0 Å². The van der Waals surface area contributed by atoms with E-state index >= 15 is 0 Å². The summed E-state index contributed by atoms with van der Waals surface area (Å²) in [4.78, 5) is 11.2. The Labute approximate surface area is 119 Å². The van der Waals surface area contributed by atoms with Gasteiger partial charge in [-0.2, -0.15) is 0 Å². The number of ether oxygens (including phenoxy) is 3. The molecule has 0 aromatic heterocycles. The van der Waals surface area contributed by atoms with Crippen LogP contribution < -0.4 is 0 Å². The Bertz CT molecular complexity index is 411. The summed E-state index contributed by atoms with van der Waals surface area (Å²) < 4.78 is 17.3. The third kappa shape index (κ3) is 1.52. The van der Waals surface area contributed by atoms with Crippen LogP contribution in [0.3, 0.4) is 0 Å². The predicted octanol–water partition coefficient (Wildman–Crippen LogP) is 0.989. The summed E-state index contributed by atoms with van der Waals surface area (Å²) in [6, 6.07) is 0. The molecule has 4 bridgehead atoms. The average molecular weight is 366 g/mol. The maximum absolute atomic E-state index is 11.2. The van der Waals surface area contributed by atoms with Gasteiger partial charge in [-0.3, -0.25) is 4.79 Å². The number of carbonyl (C=O) groups is 1. The van der Waals surface area contributed by atoms with Crippen LogP contribution in [-0.2, 0) is 19.0 Å². The molecule has 3 aliphatic heterocycles. The van der Waals surface area contributed by atoms with E-state index in [1.807, 2.05) is 0 Å². The number of aliphatic hydroxyl groups is 1. The highest BCUT2D eigenvalue weighted by Gasteiger charge is 2.68. The molecular weight excluding hydrogens is 351 g/mol. The van der Waals surface area contributed by atoms with Gasteiger partial charge in [-0.15, -0.1) is 0 Å². The number of aliphatic hydroxyl groups excluding tert-OH is 1. The lowest BCUT2D eigenvalue weighted by atomic mass is 9.77. The van der Waals surface area contributed by atoms with Gasteiger partial charge in [0.15, 0.2) is 12.6 Å². The summed E-state index contributed by atoms with van der Waals surface area (Å²) in [5.74, 6) is -0.417. The predicted molar refractivity (Wildman–Crippen MR) is 69.9 cm³/mol. The van der Waals surface area contributed by atoms with Crippen molar-refractivity contribution in [3.05, 3.63) is 12.2 Å². The lowest BCUT2D eigenvalue weighted by Gasteiger charge is -2.52. The normalized spacial score (nSPS) is 49.5. The SMILES string of the molecule is C=C1C2OC(O)C3C1CC(OC(C)=O)C3(CI)O2.